The van der Waals surface area contributed by atoms with E-state index in [0.29, 0.717) is 0 Å². The van der Waals surface area contributed by atoms with Gasteiger partial charge in [0.05, 0.1) is 0 Å². The van der Waals surface area contributed by atoms with Crippen molar-refractivity contribution in [1.82, 2.24) is 0 Å². The molecule has 0 unspecified atom stereocenters. The molecule has 0 aromatic heterocycles. The molecule has 1 aromatic carbocycles. The number of nitrogens with two attached hydrogens (primary N) is 1. The second kappa shape index (κ2) is 4.65. The summed E-state index contributed by atoms with van der Waals surface area (Å²) in [6, 6.07) is 5.36. The zero-order valence-electron chi connectivity index (χ0n) is 8.10. The normalized spacial score (nSPS) is 10.6. The summed E-state index contributed by atoms with van der Waals surface area (Å²) in [7, 11) is 0. The lowest BCUT2D eigenvalue weighted by Crippen LogP contribution is -2.21. The number of benzene rings is 1. The van der Waals surface area contributed by atoms with E-state index in [-0.39, 0.29) is 22.9 Å². The van der Waals surface area contributed by atoms with Crippen LogP contribution in [0.4, 0.5) is 5.69 Å². The molecule has 16 heavy (non-hydrogen) atoms. The van der Waals surface area contributed by atoms with Crippen molar-refractivity contribution in [2.24, 2.45) is 10.8 Å². The van der Waals surface area contributed by atoms with Gasteiger partial charge in [-0.05, 0) is 12.1 Å². The number of nitrogens with one attached hydrogen (secondary N) is 2. The number of hydrogen-bond donors (Lipinski definition) is 5. The van der Waals surface area contributed by atoms with Crippen molar-refractivity contribution >= 4 is 17.2 Å². The van der Waals surface area contributed by atoms with E-state index in [0.717, 1.165) is 0 Å². The lowest BCUT2D eigenvalue weighted by atomic mass is 10.3. The molecule has 1 aromatic rings. The molecular formula is C9H9N5O2. The number of phenols is 2. The quantitative estimate of drug-likeness (QED) is 0.164. The third kappa shape index (κ3) is 2.62. The molecule has 0 atom stereocenters. The third-order valence-electron chi connectivity index (χ3n) is 1.63. The van der Waals surface area contributed by atoms with Crippen molar-refractivity contribution < 1.29 is 10.2 Å². The maximum atomic E-state index is 9.35. The van der Waals surface area contributed by atoms with E-state index < -0.39 is 5.84 Å². The van der Waals surface area contributed by atoms with Gasteiger partial charge in [0.2, 0.25) is 5.71 Å². The lowest BCUT2D eigenvalue weighted by Gasteiger charge is -2.04. The van der Waals surface area contributed by atoms with E-state index in [1.165, 1.54) is 18.2 Å². The Bertz CT molecular complexity index is 489. The van der Waals surface area contributed by atoms with Gasteiger partial charge in [-0.15, -0.1) is 0 Å². The summed E-state index contributed by atoms with van der Waals surface area (Å²) in [5.74, 6) is -0.714. The smallest absolute Gasteiger partial charge is 0.201 e. The second-order valence-corrected chi connectivity index (χ2v) is 2.80. The summed E-state index contributed by atoms with van der Waals surface area (Å²) >= 11 is 0. The van der Waals surface area contributed by atoms with Crippen LogP contribution < -0.4 is 11.2 Å². The number of phenolic OH excluding ortho intramolecular Hbond substituents is 2. The highest BCUT2D eigenvalue weighted by Crippen LogP contribution is 2.26. The Balaban J connectivity index is 2.94. The first kappa shape index (κ1) is 11.3. The van der Waals surface area contributed by atoms with Crippen LogP contribution in [0.1, 0.15) is 0 Å². The average Bonchev–Trinajstić information content (AvgIpc) is 2.23. The molecule has 6 N–H and O–H groups in total. The van der Waals surface area contributed by atoms with Gasteiger partial charge in [0.15, 0.2) is 5.84 Å². The van der Waals surface area contributed by atoms with Gasteiger partial charge >= 0.3 is 0 Å². The third-order valence-corrected chi connectivity index (χ3v) is 1.63. The molecule has 0 amide bonds. The SMILES string of the molecule is N#C/C(=N\Nc1cc(O)ccc1O)C(=N)N. The average molecular weight is 219 g/mol. The maximum absolute atomic E-state index is 9.35. The van der Waals surface area contributed by atoms with Crippen molar-refractivity contribution in [3.05, 3.63) is 18.2 Å². The number of aromatic hydroxyl groups is 2. The van der Waals surface area contributed by atoms with Gasteiger partial charge in [0.25, 0.3) is 0 Å². The van der Waals surface area contributed by atoms with Gasteiger partial charge in [-0.1, -0.05) is 0 Å². The zero-order valence-corrected chi connectivity index (χ0v) is 8.10. The van der Waals surface area contributed by atoms with Crippen LogP contribution in [-0.4, -0.2) is 21.8 Å². The number of hydrogen-bond acceptors (Lipinski definition) is 6. The minimum Gasteiger partial charge on any atom is -0.508 e. The number of hydrazone groups is 1. The molecule has 7 nitrogen and oxygen atoms in total. The van der Waals surface area contributed by atoms with E-state index in [1.807, 2.05) is 0 Å². The Hall–Kier alpha value is -2.75. The van der Waals surface area contributed by atoms with Crippen molar-refractivity contribution in [3.8, 4) is 17.6 Å². The summed E-state index contributed by atoms with van der Waals surface area (Å²) in [6.45, 7) is 0. The van der Waals surface area contributed by atoms with Crippen LogP contribution in [0.5, 0.6) is 11.5 Å². The summed E-state index contributed by atoms with van der Waals surface area (Å²) in [4.78, 5) is 0. The first-order chi connectivity index (χ1) is 7.54. The van der Waals surface area contributed by atoms with Crippen molar-refractivity contribution in [3.63, 3.8) is 0 Å². The monoisotopic (exact) mass is 219 g/mol. The molecule has 0 saturated heterocycles. The van der Waals surface area contributed by atoms with Crippen molar-refractivity contribution in [2.45, 2.75) is 0 Å². The van der Waals surface area contributed by atoms with Crippen LogP contribution in [0.3, 0.4) is 0 Å². The van der Waals surface area contributed by atoms with Gasteiger partial charge in [-0.2, -0.15) is 10.4 Å². The molecule has 0 aliphatic carbocycles. The topological polar surface area (TPSA) is 139 Å². The fourth-order valence-electron chi connectivity index (χ4n) is 0.875. The number of nitrogens with zero attached hydrogens (tertiary/aromatic N) is 2. The molecule has 0 aliphatic rings. The van der Waals surface area contributed by atoms with E-state index in [1.54, 1.807) is 6.07 Å². The van der Waals surface area contributed by atoms with Gasteiger partial charge in [-0.25, -0.2) is 0 Å². The minimum atomic E-state index is -0.491. The Kier molecular flexibility index (Phi) is 3.29. The molecule has 0 fully saturated rings. The highest BCUT2D eigenvalue weighted by atomic mass is 16.3. The van der Waals surface area contributed by atoms with E-state index in [4.69, 9.17) is 21.5 Å². The molecule has 0 radical (unpaired) electrons. The number of nitriles is 1. The standard InChI is InChI=1S/C9H9N5O2/c10-4-7(9(11)12)14-13-6-3-5(15)1-2-8(6)16/h1-3,13,15-16H,(H3,11,12)/b14-7+. The summed E-state index contributed by atoms with van der Waals surface area (Å²) in [6.07, 6.45) is 0. The van der Waals surface area contributed by atoms with Crippen LogP contribution in [0.2, 0.25) is 0 Å². The second-order valence-electron chi connectivity index (χ2n) is 2.80. The molecule has 7 heteroatoms. The molecular weight excluding hydrogens is 210 g/mol. The Morgan fingerprint density at radius 2 is 2.19 bits per heavy atom. The van der Waals surface area contributed by atoms with Crippen molar-refractivity contribution in [2.75, 3.05) is 5.43 Å². The predicted octanol–water partition coefficient (Wildman–Crippen LogP) is 0.325. The summed E-state index contributed by atoms with van der Waals surface area (Å²) < 4.78 is 0. The fourth-order valence-corrected chi connectivity index (χ4v) is 0.875. The molecule has 0 heterocycles. The Labute approximate surface area is 90.9 Å². The number of anilines is 1. The minimum absolute atomic E-state index is 0.0724. The fraction of sp³-hybridized carbons (Fsp3) is 0. The Morgan fingerprint density at radius 1 is 1.50 bits per heavy atom. The first-order valence-corrected chi connectivity index (χ1v) is 4.14. The molecule has 82 valence electrons. The molecule has 0 bridgehead atoms. The van der Waals surface area contributed by atoms with Crippen LogP contribution in [-0.2, 0) is 0 Å². The number of rotatable bonds is 3. The first-order valence-electron chi connectivity index (χ1n) is 4.14. The van der Waals surface area contributed by atoms with Crippen LogP contribution >= 0.6 is 0 Å². The number of amidine groups is 1. The lowest BCUT2D eigenvalue weighted by molar-refractivity contribution is 0.462. The molecule has 0 saturated carbocycles. The highest BCUT2D eigenvalue weighted by molar-refractivity contribution is 6.45. The van der Waals surface area contributed by atoms with Gasteiger partial charge in [-0.3, -0.25) is 10.8 Å². The largest absolute Gasteiger partial charge is 0.508 e. The highest BCUT2D eigenvalue weighted by Gasteiger charge is 2.04. The Morgan fingerprint density at radius 3 is 2.75 bits per heavy atom. The van der Waals surface area contributed by atoms with Crippen molar-refractivity contribution in [1.29, 1.82) is 10.7 Å². The van der Waals surface area contributed by atoms with E-state index >= 15 is 0 Å². The maximum Gasteiger partial charge on any atom is 0.201 e. The summed E-state index contributed by atoms with van der Waals surface area (Å²) in [5.41, 5.74) is 7.17. The summed E-state index contributed by atoms with van der Waals surface area (Å²) in [5, 5.41) is 37.5. The van der Waals surface area contributed by atoms with Gasteiger partial charge in [0, 0.05) is 6.07 Å². The predicted molar refractivity (Wildman–Crippen MR) is 58.4 cm³/mol. The van der Waals surface area contributed by atoms with E-state index in [9.17, 15) is 5.11 Å². The zero-order chi connectivity index (χ0) is 12.1. The molecule has 1 rings (SSSR count). The molecule has 0 aliphatic heterocycles. The van der Waals surface area contributed by atoms with Crippen LogP contribution in [0.15, 0.2) is 23.3 Å². The van der Waals surface area contributed by atoms with Gasteiger partial charge < -0.3 is 15.9 Å². The van der Waals surface area contributed by atoms with E-state index in [2.05, 4.69) is 10.5 Å². The molecule has 0 spiro atoms. The van der Waals surface area contributed by atoms with Gasteiger partial charge in [0.1, 0.15) is 23.3 Å². The van der Waals surface area contributed by atoms with Crippen LogP contribution in [0.25, 0.3) is 0 Å². The van der Waals surface area contributed by atoms with Crippen LogP contribution in [0, 0.1) is 16.7 Å².